The van der Waals surface area contributed by atoms with Crippen LogP contribution < -0.4 is 0 Å². The van der Waals surface area contributed by atoms with E-state index in [2.05, 4.69) is 0 Å². The Morgan fingerprint density at radius 3 is 2.21 bits per heavy atom. The van der Waals surface area contributed by atoms with E-state index in [1.54, 1.807) is 0 Å². The topological polar surface area (TPSA) is 63.6 Å². The maximum absolute atomic E-state index is 11.1. The summed E-state index contributed by atoms with van der Waals surface area (Å²) in [5, 5.41) is 8.33. The average molecular weight is 202 g/mol. The second-order valence-corrected chi connectivity index (χ2v) is 3.82. The van der Waals surface area contributed by atoms with E-state index in [0.717, 1.165) is 6.42 Å². The molecule has 82 valence electrons. The van der Waals surface area contributed by atoms with E-state index in [4.69, 9.17) is 9.84 Å². The molecule has 0 aliphatic rings. The summed E-state index contributed by atoms with van der Waals surface area (Å²) in [5.74, 6) is -0.934. The number of aliphatic carboxylic acids is 1. The molecule has 0 aromatic rings. The molecular formula is C10H18O4. The standard InChI is InChI=1S/C10H18O4/c1-7(2)6-8(3)14-10(13)5-4-9(11)12/h7-8H,4-6H2,1-3H3,(H,11,12)/t8-/m0/s1. The predicted molar refractivity (Wildman–Crippen MR) is 51.9 cm³/mol. The Kier molecular flexibility index (Phi) is 5.92. The number of carboxylic acid groups (broad SMARTS) is 1. The molecule has 4 heteroatoms. The van der Waals surface area contributed by atoms with Crippen LogP contribution in [0, 0.1) is 5.92 Å². The summed E-state index contributed by atoms with van der Waals surface area (Å²) in [6, 6.07) is 0. The molecule has 0 bridgehead atoms. The van der Waals surface area contributed by atoms with Crippen LogP contribution in [-0.2, 0) is 14.3 Å². The van der Waals surface area contributed by atoms with Crippen LogP contribution in [0.2, 0.25) is 0 Å². The van der Waals surface area contributed by atoms with Crippen molar-refractivity contribution in [2.45, 2.75) is 46.1 Å². The van der Waals surface area contributed by atoms with Gasteiger partial charge in [-0.15, -0.1) is 0 Å². The van der Waals surface area contributed by atoms with Crippen molar-refractivity contribution in [2.75, 3.05) is 0 Å². The van der Waals surface area contributed by atoms with E-state index in [9.17, 15) is 9.59 Å². The van der Waals surface area contributed by atoms with Crippen LogP contribution >= 0.6 is 0 Å². The molecule has 4 nitrogen and oxygen atoms in total. The lowest BCUT2D eigenvalue weighted by atomic mass is 10.1. The van der Waals surface area contributed by atoms with Gasteiger partial charge in [-0.3, -0.25) is 9.59 Å². The molecule has 14 heavy (non-hydrogen) atoms. The van der Waals surface area contributed by atoms with E-state index < -0.39 is 11.9 Å². The maximum atomic E-state index is 11.1. The van der Waals surface area contributed by atoms with Crippen LogP contribution in [0.3, 0.4) is 0 Å². The summed E-state index contributed by atoms with van der Waals surface area (Å²) in [7, 11) is 0. The zero-order valence-corrected chi connectivity index (χ0v) is 8.95. The fourth-order valence-corrected chi connectivity index (χ4v) is 1.20. The molecule has 0 radical (unpaired) electrons. The molecule has 0 spiro atoms. The Balaban J connectivity index is 3.65. The average Bonchev–Trinajstić information content (AvgIpc) is 1.98. The summed E-state index contributed by atoms with van der Waals surface area (Å²) in [5.41, 5.74) is 0. The molecule has 1 N–H and O–H groups in total. The summed E-state index contributed by atoms with van der Waals surface area (Å²) >= 11 is 0. The van der Waals surface area contributed by atoms with Gasteiger partial charge in [0.15, 0.2) is 0 Å². The molecule has 0 saturated heterocycles. The first kappa shape index (κ1) is 12.9. The van der Waals surface area contributed by atoms with Gasteiger partial charge in [0, 0.05) is 0 Å². The zero-order chi connectivity index (χ0) is 11.1. The van der Waals surface area contributed by atoms with Gasteiger partial charge in [-0.2, -0.15) is 0 Å². The first-order valence-electron chi connectivity index (χ1n) is 4.83. The van der Waals surface area contributed by atoms with Crippen LogP contribution in [0.15, 0.2) is 0 Å². The molecule has 0 aliphatic heterocycles. The predicted octanol–water partition coefficient (Wildman–Crippen LogP) is 1.83. The molecule has 0 aromatic heterocycles. The third-order valence-corrected chi connectivity index (χ3v) is 1.68. The number of esters is 1. The third kappa shape index (κ3) is 7.58. The lowest BCUT2D eigenvalue weighted by molar-refractivity contribution is -0.151. The fourth-order valence-electron chi connectivity index (χ4n) is 1.20. The maximum Gasteiger partial charge on any atom is 0.306 e. The normalized spacial score (nSPS) is 12.6. The molecule has 0 rings (SSSR count). The van der Waals surface area contributed by atoms with E-state index >= 15 is 0 Å². The summed E-state index contributed by atoms with van der Waals surface area (Å²) < 4.78 is 5.01. The Bertz CT molecular complexity index is 198. The number of hydrogen-bond donors (Lipinski definition) is 1. The molecule has 0 amide bonds. The van der Waals surface area contributed by atoms with E-state index in [0.29, 0.717) is 5.92 Å². The fraction of sp³-hybridized carbons (Fsp3) is 0.800. The minimum absolute atomic E-state index is 0.0439. The molecule has 1 atom stereocenters. The minimum atomic E-state index is -0.974. The Morgan fingerprint density at radius 2 is 1.79 bits per heavy atom. The number of carbonyl (C=O) groups is 2. The van der Waals surface area contributed by atoms with Crippen molar-refractivity contribution in [2.24, 2.45) is 5.92 Å². The molecule has 0 aliphatic carbocycles. The monoisotopic (exact) mass is 202 g/mol. The Hall–Kier alpha value is -1.06. The molecule has 0 unspecified atom stereocenters. The Labute approximate surface area is 84.3 Å². The number of carboxylic acids is 1. The second-order valence-electron chi connectivity index (χ2n) is 3.82. The van der Waals surface area contributed by atoms with Gasteiger partial charge in [0.25, 0.3) is 0 Å². The first-order valence-corrected chi connectivity index (χ1v) is 4.83. The third-order valence-electron chi connectivity index (χ3n) is 1.68. The molecule has 0 heterocycles. The van der Waals surface area contributed by atoms with E-state index in [1.807, 2.05) is 20.8 Å². The van der Waals surface area contributed by atoms with Crippen molar-refractivity contribution in [3.8, 4) is 0 Å². The highest BCUT2D eigenvalue weighted by Crippen LogP contribution is 2.08. The smallest absolute Gasteiger partial charge is 0.306 e. The van der Waals surface area contributed by atoms with Crippen molar-refractivity contribution in [1.29, 1.82) is 0 Å². The van der Waals surface area contributed by atoms with Crippen LogP contribution in [0.4, 0.5) is 0 Å². The first-order chi connectivity index (χ1) is 6.41. The highest BCUT2D eigenvalue weighted by molar-refractivity contribution is 5.76. The van der Waals surface area contributed by atoms with Crippen molar-refractivity contribution < 1.29 is 19.4 Å². The van der Waals surface area contributed by atoms with Crippen LogP contribution in [0.1, 0.15) is 40.0 Å². The van der Waals surface area contributed by atoms with E-state index in [1.165, 1.54) is 0 Å². The summed E-state index contributed by atoms with van der Waals surface area (Å²) in [6.07, 6.45) is 0.473. The quantitative estimate of drug-likeness (QED) is 0.667. The molecule has 0 saturated carbocycles. The SMILES string of the molecule is CC(C)C[C@H](C)OC(=O)CCC(=O)O. The van der Waals surface area contributed by atoms with Gasteiger partial charge in [0.1, 0.15) is 0 Å². The number of hydrogen-bond acceptors (Lipinski definition) is 3. The molecule has 0 aromatic carbocycles. The van der Waals surface area contributed by atoms with Crippen LogP contribution in [-0.4, -0.2) is 23.1 Å². The van der Waals surface area contributed by atoms with E-state index in [-0.39, 0.29) is 18.9 Å². The zero-order valence-electron chi connectivity index (χ0n) is 8.95. The van der Waals surface area contributed by atoms with Gasteiger partial charge in [-0.25, -0.2) is 0 Å². The lowest BCUT2D eigenvalue weighted by Gasteiger charge is -2.14. The highest BCUT2D eigenvalue weighted by atomic mass is 16.5. The van der Waals surface area contributed by atoms with Gasteiger partial charge in [0.2, 0.25) is 0 Å². The largest absolute Gasteiger partial charge is 0.481 e. The summed E-state index contributed by atoms with van der Waals surface area (Å²) in [6.45, 7) is 5.90. The minimum Gasteiger partial charge on any atom is -0.481 e. The number of rotatable bonds is 6. The van der Waals surface area contributed by atoms with Crippen molar-refractivity contribution in [1.82, 2.24) is 0 Å². The van der Waals surface area contributed by atoms with Gasteiger partial charge in [-0.1, -0.05) is 13.8 Å². The second kappa shape index (κ2) is 6.40. The van der Waals surface area contributed by atoms with Crippen molar-refractivity contribution in [3.05, 3.63) is 0 Å². The van der Waals surface area contributed by atoms with Crippen molar-refractivity contribution in [3.63, 3.8) is 0 Å². The Morgan fingerprint density at radius 1 is 1.21 bits per heavy atom. The summed E-state index contributed by atoms with van der Waals surface area (Å²) in [4.78, 5) is 21.2. The van der Waals surface area contributed by atoms with Crippen molar-refractivity contribution >= 4 is 11.9 Å². The van der Waals surface area contributed by atoms with Gasteiger partial charge >= 0.3 is 11.9 Å². The van der Waals surface area contributed by atoms with Crippen LogP contribution in [0.5, 0.6) is 0 Å². The number of ether oxygens (including phenoxy) is 1. The van der Waals surface area contributed by atoms with Gasteiger partial charge < -0.3 is 9.84 Å². The van der Waals surface area contributed by atoms with Gasteiger partial charge in [-0.05, 0) is 19.3 Å². The number of carbonyl (C=O) groups excluding carboxylic acids is 1. The van der Waals surface area contributed by atoms with Crippen LogP contribution in [0.25, 0.3) is 0 Å². The van der Waals surface area contributed by atoms with Gasteiger partial charge in [0.05, 0.1) is 18.9 Å². The lowest BCUT2D eigenvalue weighted by Crippen LogP contribution is -2.17. The highest BCUT2D eigenvalue weighted by Gasteiger charge is 2.12. The molecular weight excluding hydrogens is 184 g/mol. The molecule has 0 fully saturated rings.